The van der Waals surface area contributed by atoms with E-state index in [9.17, 15) is 4.79 Å². The number of ether oxygens (including phenoxy) is 2. The maximum atomic E-state index is 12.7. The lowest BCUT2D eigenvalue weighted by Crippen LogP contribution is -2.55. The van der Waals surface area contributed by atoms with E-state index >= 15 is 0 Å². The molecule has 2 saturated heterocycles. The number of rotatable bonds is 7. The van der Waals surface area contributed by atoms with Gasteiger partial charge in [-0.25, -0.2) is 4.79 Å². The number of para-hydroxylation sites is 2. The minimum Gasteiger partial charge on any atom is -0.492 e. The topological polar surface area (TPSA) is 57.3 Å². The van der Waals surface area contributed by atoms with Crippen molar-refractivity contribution in [2.75, 3.05) is 70.5 Å². The predicted molar refractivity (Wildman–Crippen MR) is 116 cm³/mol. The van der Waals surface area contributed by atoms with E-state index in [1.807, 2.05) is 30.0 Å². The molecule has 0 bridgehead atoms. The van der Waals surface area contributed by atoms with Gasteiger partial charge in [0, 0.05) is 51.9 Å². The lowest BCUT2D eigenvalue weighted by atomic mass is 10.0. The fourth-order valence-electron chi connectivity index (χ4n) is 4.15. The first-order chi connectivity index (χ1) is 14.1. The molecular formula is C22H36N4O3. The Bertz CT molecular complexity index is 641. The van der Waals surface area contributed by atoms with Crippen LogP contribution in [0, 0.1) is 5.92 Å². The lowest BCUT2D eigenvalue weighted by molar-refractivity contribution is 0.00693. The summed E-state index contributed by atoms with van der Waals surface area (Å²) in [4.78, 5) is 19.4. The molecule has 1 atom stereocenters. The highest BCUT2D eigenvalue weighted by Crippen LogP contribution is 2.28. The van der Waals surface area contributed by atoms with Gasteiger partial charge >= 0.3 is 6.03 Å². The highest BCUT2D eigenvalue weighted by atomic mass is 16.5. The number of benzene rings is 1. The van der Waals surface area contributed by atoms with Crippen LogP contribution in [0.2, 0.25) is 0 Å². The number of urea groups is 1. The predicted octanol–water partition coefficient (Wildman–Crippen LogP) is 2.27. The van der Waals surface area contributed by atoms with Gasteiger partial charge in [-0.05, 0) is 25.0 Å². The van der Waals surface area contributed by atoms with Crippen LogP contribution in [0.5, 0.6) is 5.75 Å². The number of hydrogen-bond donors (Lipinski definition) is 1. The third kappa shape index (κ3) is 5.76. The van der Waals surface area contributed by atoms with Gasteiger partial charge in [-0.1, -0.05) is 26.0 Å². The van der Waals surface area contributed by atoms with Gasteiger partial charge in [0.05, 0.1) is 25.5 Å². The molecule has 0 aliphatic carbocycles. The molecule has 0 aromatic heterocycles. The number of morpholine rings is 1. The van der Waals surface area contributed by atoms with Gasteiger partial charge in [-0.3, -0.25) is 4.90 Å². The van der Waals surface area contributed by atoms with E-state index in [4.69, 9.17) is 9.47 Å². The molecule has 7 nitrogen and oxygen atoms in total. The third-order valence-electron chi connectivity index (χ3n) is 5.82. The van der Waals surface area contributed by atoms with Crippen LogP contribution >= 0.6 is 0 Å². The molecule has 2 aliphatic rings. The average molecular weight is 405 g/mol. The van der Waals surface area contributed by atoms with Crippen molar-refractivity contribution < 1.29 is 14.3 Å². The minimum atomic E-state index is 0.0432. The molecule has 3 rings (SSSR count). The number of piperazine rings is 1. The Labute approximate surface area is 174 Å². The summed E-state index contributed by atoms with van der Waals surface area (Å²) in [7, 11) is 0. The van der Waals surface area contributed by atoms with Crippen molar-refractivity contribution >= 4 is 11.7 Å². The summed E-state index contributed by atoms with van der Waals surface area (Å²) in [5.74, 6) is 1.40. The zero-order valence-electron chi connectivity index (χ0n) is 18.1. The standard InChI is InChI=1S/C22H36N4O3/c1-4-29-21-8-6-5-7-19(21)24-9-11-26(12-10-24)22(27)23-17-20(18(2)3)25-13-15-28-16-14-25/h5-8,18,20H,4,9-17H2,1-3H3,(H,23,27)/t20-/m1/s1. The summed E-state index contributed by atoms with van der Waals surface area (Å²) in [6.07, 6.45) is 0. The van der Waals surface area contributed by atoms with Crippen molar-refractivity contribution in [2.24, 2.45) is 5.92 Å². The van der Waals surface area contributed by atoms with Crippen LogP contribution in [-0.2, 0) is 4.74 Å². The zero-order valence-corrected chi connectivity index (χ0v) is 18.1. The fraction of sp³-hybridized carbons (Fsp3) is 0.682. The van der Waals surface area contributed by atoms with Gasteiger partial charge in [0.25, 0.3) is 0 Å². The minimum absolute atomic E-state index is 0.0432. The molecule has 1 aromatic rings. The first kappa shape index (κ1) is 21.7. The summed E-state index contributed by atoms with van der Waals surface area (Å²) >= 11 is 0. The van der Waals surface area contributed by atoms with E-state index in [1.165, 1.54) is 0 Å². The Hall–Kier alpha value is -1.99. The number of nitrogens with one attached hydrogen (secondary N) is 1. The van der Waals surface area contributed by atoms with E-state index in [2.05, 4.69) is 35.0 Å². The molecule has 2 aliphatic heterocycles. The largest absolute Gasteiger partial charge is 0.492 e. The number of carbonyl (C=O) groups excluding carboxylic acids is 1. The van der Waals surface area contributed by atoms with Gasteiger partial charge in [0.15, 0.2) is 0 Å². The van der Waals surface area contributed by atoms with Crippen LogP contribution in [-0.4, -0.2) is 87.5 Å². The Balaban J connectivity index is 1.49. The second kappa shape index (κ2) is 10.7. The first-order valence-electron chi connectivity index (χ1n) is 10.9. The summed E-state index contributed by atoms with van der Waals surface area (Å²) in [6, 6.07) is 8.53. The SMILES string of the molecule is CCOc1ccccc1N1CCN(C(=O)NC[C@H](C(C)C)N2CCOCC2)CC1. The first-order valence-corrected chi connectivity index (χ1v) is 10.9. The van der Waals surface area contributed by atoms with Crippen LogP contribution in [0.3, 0.4) is 0 Å². The maximum Gasteiger partial charge on any atom is 0.317 e. The quantitative estimate of drug-likeness (QED) is 0.756. The van der Waals surface area contributed by atoms with E-state index in [-0.39, 0.29) is 6.03 Å². The van der Waals surface area contributed by atoms with Gasteiger partial charge in [0.1, 0.15) is 5.75 Å². The highest BCUT2D eigenvalue weighted by Gasteiger charge is 2.27. The Kier molecular flexibility index (Phi) is 8.00. The van der Waals surface area contributed by atoms with E-state index in [0.717, 1.165) is 63.9 Å². The van der Waals surface area contributed by atoms with Gasteiger partial charge in [0.2, 0.25) is 0 Å². The molecule has 1 aromatic carbocycles. The van der Waals surface area contributed by atoms with Gasteiger partial charge in [-0.2, -0.15) is 0 Å². The number of hydrogen-bond acceptors (Lipinski definition) is 5. The second-order valence-electron chi connectivity index (χ2n) is 8.02. The van der Waals surface area contributed by atoms with Crippen LogP contribution in [0.15, 0.2) is 24.3 Å². The lowest BCUT2D eigenvalue weighted by Gasteiger charge is -2.39. The van der Waals surface area contributed by atoms with E-state index < -0.39 is 0 Å². The van der Waals surface area contributed by atoms with Crippen LogP contribution in [0.4, 0.5) is 10.5 Å². The molecule has 0 radical (unpaired) electrons. The molecule has 0 unspecified atom stereocenters. The van der Waals surface area contributed by atoms with Crippen molar-refractivity contribution in [3.63, 3.8) is 0 Å². The van der Waals surface area contributed by atoms with Crippen molar-refractivity contribution in [3.05, 3.63) is 24.3 Å². The summed E-state index contributed by atoms with van der Waals surface area (Å²) in [6.45, 7) is 14.3. The Morgan fingerprint density at radius 2 is 1.79 bits per heavy atom. The maximum absolute atomic E-state index is 12.7. The number of amides is 2. The van der Waals surface area contributed by atoms with Crippen molar-refractivity contribution in [1.29, 1.82) is 0 Å². The second-order valence-corrected chi connectivity index (χ2v) is 8.02. The number of carbonyl (C=O) groups is 1. The fourth-order valence-corrected chi connectivity index (χ4v) is 4.15. The summed E-state index contributed by atoms with van der Waals surface area (Å²) in [5, 5.41) is 3.18. The Morgan fingerprint density at radius 1 is 1.10 bits per heavy atom. The smallest absolute Gasteiger partial charge is 0.317 e. The molecular weight excluding hydrogens is 368 g/mol. The summed E-state index contributed by atoms with van der Waals surface area (Å²) in [5.41, 5.74) is 1.11. The molecule has 7 heteroatoms. The average Bonchev–Trinajstić information content (AvgIpc) is 2.75. The molecule has 0 spiro atoms. The van der Waals surface area contributed by atoms with Gasteiger partial charge in [-0.15, -0.1) is 0 Å². The van der Waals surface area contributed by atoms with Crippen LogP contribution < -0.4 is 15.0 Å². The van der Waals surface area contributed by atoms with E-state index in [0.29, 0.717) is 25.1 Å². The van der Waals surface area contributed by atoms with Crippen molar-refractivity contribution in [2.45, 2.75) is 26.8 Å². The van der Waals surface area contributed by atoms with Crippen LogP contribution in [0.1, 0.15) is 20.8 Å². The molecule has 1 N–H and O–H groups in total. The van der Waals surface area contributed by atoms with Crippen molar-refractivity contribution in [1.82, 2.24) is 15.1 Å². The Morgan fingerprint density at radius 3 is 2.45 bits per heavy atom. The molecule has 162 valence electrons. The van der Waals surface area contributed by atoms with Gasteiger partial charge < -0.3 is 24.6 Å². The van der Waals surface area contributed by atoms with E-state index in [1.54, 1.807) is 0 Å². The normalized spacial score (nSPS) is 19.3. The molecule has 2 fully saturated rings. The monoisotopic (exact) mass is 404 g/mol. The number of nitrogens with zero attached hydrogens (tertiary/aromatic N) is 3. The number of anilines is 1. The highest BCUT2D eigenvalue weighted by molar-refractivity contribution is 5.74. The molecule has 2 amide bonds. The molecule has 2 heterocycles. The molecule has 0 saturated carbocycles. The van der Waals surface area contributed by atoms with Crippen molar-refractivity contribution in [3.8, 4) is 5.75 Å². The molecule has 29 heavy (non-hydrogen) atoms. The zero-order chi connectivity index (χ0) is 20.6. The van der Waals surface area contributed by atoms with Crippen LogP contribution in [0.25, 0.3) is 0 Å². The summed E-state index contributed by atoms with van der Waals surface area (Å²) < 4.78 is 11.2. The third-order valence-corrected chi connectivity index (χ3v) is 5.82.